The molecule has 0 aliphatic heterocycles. The molecule has 1 aromatic rings. The van der Waals surface area contributed by atoms with Gasteiger partial charge in [-0.3, -0.25) is 4.79 Å². The van der Waals surface area contributed by atoms with E-state index >= 15 is 0 Å². The van der Waals surface area contributed by atoms with Crippen LogP contribution >= 0.6 is 15.9 Å². The fourth-order valence-corrected chi connectivity index (χ4v) is 1.89. The van der Waals surface area contributed by atoms with Crippen molar-refractivity contribution in [3.8, 4) is 0 Å². The summed E-state index contributed by atoms with van der Waals surface area (Å²) < 4.78 is 0.502. The summed E-state index contributed by atoms with van der Waals surface area (Å²) in [7, 11) is 0. The quantitative estimate of drug-likeness (QED) is 0.794. The molecule has 0 saturated heterocycles. The number of halogens is 1. The number of hydrogen-bond donors (Lipinski definition) is 3. The Labute approximate surface area is 120 Å². The van der Waals surface area contributed by atoms with Crippen molar-refractivity contribution in [3.05, 3.63) is 28.2 Å². The predicted molar refractivity (Wildman–Crippen MR) is 77.2 cm³/mol. The summed E-state index contributed by atoms with van der Waals surface area (Å²) in [4.78, 5) is 23.2. The van der Waals surface area contributed by atoms with Gasteiger partial charge in [0.25, 0.3) is 0 Å². The minimum atomic E-state index is -1.11. The molecule has 0 bridgehead atoms. The fraction of sp³-hybridized carbons (Fsp3) is 0.385. The number of para-hydroxylation sites is 1. The molecule has 0 fully saturated rings. The first-order chi connectivity index (χ1) is 8.64. The van der Waals surface area contributed by atoms with Gasteiger partial charge in [0.05, 0.1) is 17.3 Å². The molecule has 0 aliphatic rings. The minimum absolute atomic E-state index is 0.0174. The van der Waals surface area contributed by atoms with Gasteiger partial charge in [0, 0.05) is 4.47 Å². The lowest BCUT2D eigenvalue weighted by Gasteiger charge is -2.26. The zero-order valence-electron chi connectivity index (χ0n) is 11.0. The predicted octanol–water partition coefficient (Wildman–Crippen LogP) is 2.46. The Morgan fingerprint density at radius 1 is 1.37 bits per heavy atom. The molecule has 0 aromatic heterocycles. The fourth-order valence-electron chi connectivity index (χ4n) is 1.42. The Hall–Kier alpha value is -1.40. The second kappa shape index (κ2) is 5.71. The minimum Gasteiger partial charge on any atom is -0.478 e. The smallest absolute Gasteiger partial charge is 0.337 e. The van der Waals surface area contributed by atoms with Crippen molar-refractivity contribution >= 4 is 33.5 Å². The van der Waals surface area contributed by atoms with Crippen molar-refractivity contribution in [1.82, 2.24) is 0 Å². The maximum Gasteiger partial charge on any atom is 0.337 e. The molecule has 104 valence electrons. The largest absolute Gasteiger partial charge is 0.478 e. The first-order valence-corrected chi connectivity index (χ1v) is 6.52. The average molecular weight is 329 g/mol. The summed E-state index contributed by atoms with van der Waals surface area (Å²) in [6.45, 7) is 5.53. The molecule has 1 atom stereocenters. The van der Waals surface area contributed by atoms with Crippen LogP contribution in [0.25, 0.3) is 0 Å². The van der Waals surface area contributed by atoms with Crippen molar-refractivity contribution in [2.75, 3.05) is 5.32 Å². The lowest BCUT2D eigenvalue weighted by atomic mass is 9.87. The number of nitrogens with two attached hydrogens (primary N) is 1. The number of amides is 1. The van der Waals surface area contributed by atoms with Gasteiger partial charge in [0.15, 0.2) is 0 Å². The lowest BCUT2D eigenvalue weighted by Crippen LogP contribution is -2.45. The van der Waals surface area contributed by atoms with Gasteiger partial charge in [-0.05, 0) is 33.5 Å². The Bertz CT molecular complexity index is 509. The van der Waals surface area contributed by atoms with Gasteiger partial charge in [-0.2, -0.15) is 0 Å². The van der Waals surface area contributed by atoms with Crippen LogP contribution < -0.4 is 11.1 Å². The van der Waals surface area contributed by atoms with E-state index in [9.17, 15) is 9.59 Å². The van der Waals surface area contributed by atoms with Crippen molar-refractivity contribution in [2.24, 2.45) is 11.1 Å². The van der Waals surface area contributed by atoms with Crippen LogP contribution in [0.1, 0.15) is 31.1 Å². The highest BCUT2D eigenvalue weighted by Gasteiger charge is 2.28. The van der Waals surface area contributed by atoms with Gasteiger partial charge < -0.3 is 16.2 Å². The summed E-state index contributed by atoms with van der Waals surface area (Å²) >= 11 is 3.22. The molecule has 0 aliphatic carbocycles. The van der Waals surface area contributed by atoms with E-state index in [4.69, 9.17) is 10.8 Å². The standard InChI is InChI=1S/C13H17BrN2O3/c1-13(2,3)10(15)11(17)16-9-7(12(18)19)5-4-6-8(9)14/h4-6,10H,15H2,1-3H3,(H,16,17)(H,18,19)/t10-/m1/s1. The van der Waals surface area contributed by atoms with Gasteiger partial charge in [-0.1, -0.05) is 26.8 Å². The van der Waals surface area contributed by atoms with Gasteiger partial charge in [0.1, 0.15) is 0 Å². The Kier molecular flexibility index (Phi) is 4.70. The van der Waals surface area contributed by atoms with Crippen LogP contribution in [-0.2, 0) is 4.79 Å². The van der Waals surface area contributed by atoms with E-state index in [0.29, 0.717) is 4.47 Å². The second-order valence-corrected chi connectivity index (χ2v) is 6.15. The topological polar surface area (TPSA) is 92.4 Å². The maximum atomic E-state index is 12.0. The number of aromatic carboxylic acids is 1. The number of anilines is 1. The highest BCUT2D eigenvalue weighted by atomic mass is 79.9. The molecule has 1 aromatic carbocycles. The number of nitrogens with one attached hydrogen (secondary N) is 1. The maximum absolute atomic E-state index is 12.0. The number of rotatable bonds is 3. The molecule has 5 nitrogen and oxygen atoms in total. The molecule has 0 radical (unpaired) electrons. The van der Waals surface area contributed by atoms with Crippen LogP contribution in [0.4, 0.5) is 5.69 Å². The van der Waals surface area contributed by atoms with Crippen molar-refractivity contribution in [1.29, 1.82) is 0 Å². The van der Waals surface area contributed by atoms with Gasteiger partial charge in [-0.15, -0.1) is 0 Å². The lowest BCUT2D eigenvalue weighted by molar-refractivity contribution is -0.119. The molecule has 0 spiro atoms. The first-order valence-electron chi connectivity index (χ1n) is 5.73. The molecule has 1 rings (SSSR count). The summed E-state index contributed by atoms with van der Waals surface area (Å²) in [5.41, 5.74) is 5.67. The Morgan fingerprint density at radius 3 is 2.42 bits per heavy atom. The van der Waals surface area contributed by atoms with Crippen LogP contribution in [-0.4, -0.2) is 23.0 Å². The Morgan fingerprint density at radius 2 is 1.95 bits per heavy atom. The number of carbonyl (C=O) groups excluding carboxylic acids is 1. The second-order valence-electron chi connectivity index (χ2n) is 5.30. The molecule has 4 N–H and O–H groups in total. The third-order valence-electron chi connectivity index (χ3n) is 2.71. The van der Waals surface area contributed by atoms with Crippen molar-refractivity contribution in [3.63, 3.8) is 0 Å². The molecule has 0 unspecified atom stereocenters. The third kappa shape index (κ3) is 3.78. The summed E-state index contributed by atoms with van der Waals surface area (Å²) in [6, 6.07) is 3.93. The van der Waals surface area contributed by atoms with E-state index in [1.165, 1.54) is 6.07 Å². The summed E-state index contributed by atoms with van der Waals surface area (Å²) in [6.07, 6.45) is 0. The van der Waals surface area contributed by atoms with E-state index in [2.05, 4.69) is 21.2 Å². The SMILES string of the molecule is CC(C)(C)[C@H](N)C(=O)Nc1c(Br)cccc1C(=O)O. The van der Waals surface area contributed by atoms with E-state index in [1.807, 2.05) is 20.8 Å². The van der Waals surface area contributed by atoms with Crippen LogP contribution in [0, 0.1) is 5.41 Å². The highest BCUT2D eigenvalue weighted by molar-refractivity contribution is 9.10. The Balaban J connectivity index is 3.07. The molecule has 6 heteroatoms. The molecular weight excluding hydrogens is 312 g/mol. The van der Waals surface area contributed by atoms with E-state index in [-0.39, 0.29) is 11.3 Å². The van der Waals surface area contributed by atoms with Crippen molar-refractivity contribution < 1.29 is 14.7 Å². The number of hydrogen-bond acceptors (Lipinski definition) is 3. The highest BCUT2D eigenvalue weighted by Crippen LogP contribution is 2.27. The van der Waals surface area contributed by atoms with Crippen molar-refractivity contribution in [2.45, 2.75) is 26.8 Å². The van der Waals surface area contributed by atoms with Crippen LogP contribution in [0.5, 0.6) is 0 Å². The van der Waals surface area contributed by atoms with Crippen LogP contribution in [0.3, 0.4) is 0 Å². The zero-order chi connectivity index (χ0) is 14.8. The molecule has 0 saturated carbocycles. The molecule has 1 amide bonds. The molecular formula is C13H17BrN2O3. The van der Waals surface area contributed by atoms with E-state index in [1.54, 1.807) is 12.1 Å². The summed E-state index contributed by atoms with van der Waals surface area (Å²) in [5, 5.41) is 11.7. The number of carboxylic acid groups (broad SMARTS) is 1. The number of benzene rings is 1. The third-order valence-corrected chi connectivity index (χ3v) is 3.37. The molecule has 19 heavy (non-hydrogen) atoms. The monoisotopic (exact) mass is 328 g/mol. The first kappa shape index (κ1) is 15.7. The van der Waals surface area contributed by atoms with Crippen LogP contribution in [0.2, 0.25) is 0 Å². The summed E-state index contributed by atoms with van der Waals surface area (Å²) in [5.74, 6) is -1.53. The van der Waals surface area contributed by atoms with E-state index in [0.717, 1.165) is 0 Å². The average Bonchev–Trinajstić information content (AvgIpc) is 2.29. The van der Waals surface area contributed by atoms with Crippen LogP contribution in [0.15, 0.2) is 22.7 Å². The molecule has 0 heterocycles. The van der Waals surface area contributed by atoms with Gasteiger partial charge in [-0.25, -0.2) is 4.79 Å². The van der Waals surface area contributed by atoms with Gasteiger partial charge >= 0.3 is 5.97 Å². The normalized spacial score (nSPS) is 12.9. The number of carboxylic acids is 1. The zero-order valence-corrected chi connectivity index (χ0v) is 12.6. The van der Waals surface area contributed by atoms with Gasteiger partial charge in [0.2, 0.25) is 5.91 Å². The number of carbonyl (C=O) groups is 2. The van der Waals surface area contributed by atoms with E-state index < -0.39 is 23.3 Å².